The van der Waals surface area contributed by atoms with Crippen molar-refractivity contribution in [3.05, 3.63) is 134 Å². The molecule has 2 atom stereocenters. The molecule has 1 heterocycles. The number of aliphatic hydroxyl groups excluding tert-OH is 1. The Kier molecular flexibility index (Phi) is 10.2. The second-order valence-corrected chi connectivity index (χ2v) is 12.2. The van der Waals surface area contributed by atoms with Crippen LogP contribution in [0, 0.1) is 0 Å². The molecule has 1 amide bonds. The van der Waals surface area contributed by atoms with Crippen LogP contribution in [-0.2, 0) is 25.7 Å². The van der Waals surface area contributed by atoms with E-state index >= 15 is 0 Å². The highest BCUT2D eigenvalue weighted by atomic mass is 35.5. The highest BCUT2D eigenvalue weighted by molar-refractivity contribution is 6.30. The number of aliphatic hydroxyl groups is 1. The van der Waals surface area contributed by atoms with Crippen LogP contribution in [-0.4, -0.2) is 43.4 Å². The first-order valence-electron chi connectivity index (χ1n) is 15.8. The van der Waals surface area contributed by atoms with Crippen molar-refractivity contribution in [2.75, 3.05) is 20.2 Å². The minimum Gasteiger partial charge on any atom is -0.497 e. The van der Waals surface area contributed by atoms with Crippen molar-refractivity contribution in [2.45, 2.75) is 44.2 Å². The Morgan fingerprint density at radius 2 is 1.70 bits per heavy atom. The standard InChI is InChI=1S/C38H37ClN2O6/c1-45-28-13-10-25(11-14-28)20-33(41-38(44)26-12-17-36-32(21-26)37(43)31-6-3-7-35(31)47-36)34(42)23-40-19-18-24-8-15-29(16-9-24)46-30-5-2-4-27(39)22-30/h2,4-5,8-17,21-22,33-34,40,42H,3,6-7,18-20,23H2,1H3,(H,41,44)/t33-,34+/m0/s1. The molecule has 3 N–H and O–H groups in total. The molecule has 1 aliphatic carbocycles. The third-order valence-corrected chi connectivity index (χ3v) is 8.69. The van der Waals surface area contributed by atoms with Gasteiger partial charge in [-0.3, -0.25) is 9.59 Å². The predicted molar refractivity (Wildman–Crippen MR) is 183 cm³/mol. The van der Waals surface area contributed by atoms with Gasteiger partial charge in [0.15, 0.2) is 5.43 Å². The van der Waals surface area contributed by atoms with Gasteiger partial charge in [0.25, 0.3) is 5.91 Å². The number of methoxy groups -OCH3 is 1. The topological polar surface area (TPSA) is 110 Å². The Bertz CT molecular complexity index is 1910. The quantitative estimate of drug-likeness (QED) is 0.129. The van der Waals surface area contributed by atoms with E-state index in [2.05, 4.69) is 10.6 Å². The van der Waals surface area contributed by atoms with Gasteiger partial charge in [-0.1, -0.05) is 41.9 Å². The van der Waals surface area contributed by atoms with Crippen molar-refractivity contribution in [3.63, 3.8) is 0 Å². The highest BCUT2D eigenvalue weighted by Gasteiger charge is 2.24. The molecule has 0 aliphatic heterocycles. The average molecular weight is 653 g/mol. The van der Waals surface area contributed by atoms with Crippen LogP contribution in [0.3, 0.4) is 0 Å². The molecule has 47 heavy (non-hydrogen) atoms. The minimum atomic E-state index is -0.886. The van der Waals surface area contributed by atoms with Gasteiger partial charge < -0.3 is 29.6 Å². The van der Waals surface area contributed by atoms with E-state index < -0.39 is 12.1 Å². The molecule has 0 unspecified atom stereocenters. The zero-order valence-corrected chi connectivity index (χ0v) is 26.9. The molecule has 6 rings (SSSR count). The summed E-state index contributed by atoms with van der Waals surface area (Å²) in [6.07, 6.45) is 2.59. The maximum atomic E-state index is 13.5. The maximum absolute atomic E-state index is 13.5. The highest BCUT2D eigenvalue weighted by Crippen LogP contribution is 2.26. The first-order valence-corrected chi connectivity index (χ1v) is 16.2. The van der Waals surface area contributed by atoms with Gasteiger partial charge in [0, 0.05) is 29.1 Å². The lowest BCUT2D eigenvalue weighted by molar-refractivity contribution is 0.0831. The van der Waals surface area contributed by atoms with Crippen LogP contribution >= 0.6 is 11.6 Å². The zero-order valence-electron chi connectivity index (χ0n) is 26.1. The number of carbonyl (C=O) groups excluding carboxylic acids is 1. The molecular weight excluding hydrogens is 616 g/mol. The van der Waals surface area contributed by atoms with Gasteiger partial charge in [0.1, 0.15) is 28.6 Å². The molecule has 242 valence electrons. The van der Waals surface area contributed by atoms with Gasteiger partial charge in [-0.2, -0.15) is 0 Å². The minimum absolute atomic E-state index is 0.0734. The molecule has 8 nitrogen and oxygen atoms in total. The fourth-order valence-electron chi connectivity index (χ4n) is 5.87. The number of ether oxygens (including phenoxy) is 2. The molecule has 1 aromatic heterocycles. The van der Waals surface area contributed by atoms with E-state index in [0.717, 1.165) is 41.9 Å². The van der Waals surface area contributed by atoms with Crippen LogP contribution in [0.5, 0.6) is 17.2 Å². The normalized spacial score (nSPS) is 13.6. The van der Waals surface area contributed by atoms with Gasteiger partial charge in [-0.15, -0.1) is 0 Å². The largest absolute Gasteiger partial charge is 0.497 e. The molecule has 0 radical (unpaired) electrons. The molecule has 9 heteroatoms. The van der Waals surface area contributed by atoms with Crippen LogP contribution in [0.1, 0.15) is 39.2 Å². The fraction of sp³-hybridized carbons (Fsp3) is 0.263. The Morgan fingerprint density at radius 1 is 0.936 bits per heavy atom. The third-order valence-electron chi connectivity index (χ3n) is 8.46. The van der Waals surface area contributed by atoms with Crippen molar-refractivity contribution in [1.29, 1.82) is 0 Å². The van der Waals surface area contributed by atoms with E-state index in [9.17, 15) is 14.7 Å². The zero-order chi connectivity index (χ0) is 32.8. The molecule has 5 aromatic rings. The first-order chi connectivity index (χ1) is 22.9. The van der Waals surface area contributed by atoms with Crippen LogP contribution in [0.15, 0.2) is 100 Å². The number of hydrogen-bond donors (Lipinski definition) is 3. The predicted octanol–water partition coefficient (Wildman–Crippen LogP) is 6.27. The lowest BCUT2D eigenvalue weighted by Gasteiger charge is -2.25. The second-order valence-electron chi connectivity index (χ2n) is 11.8. The SMILES string of the molecule is COc1ccc(C[C@H](NC(=O)c2ccc3oc4c(c(=O)c3c2)CCC4)[C@H](O)CNCCc2ccc(Oc3cccc(Cl)c3)cc2)cc1. The van der Waals surface area contributed by atoms with Crippen molar-refractivity contribution in [3.8, 4) is 17.2 Å². The summed E-state index contributed by atoms with van der Waals surface area (Å²) in [5.74, 6) is 2.49. The molecule has 0 saturated heterocycles. The number of nitrogens with one attached hydrogen (secondary N) is 2. The molecule has 0 saturated carbocycles. The van der Waals surface area contributed by atoms with Crippen molar-refractivity contribution in [2.24, 2.45) is 0 Å². The van der Waals surface area contributed by atoms with Gasteiger partial charge in [-0.25, -0.2) is 0 Å². The summed E-state index contributed by atoms with van der Waals surface area (Å²) >= 11 is 6.05. The van der Waals surface area contributed by atoms with E-state index in [1.54, 1.807) is 37.4 Å². The monoisotopic (exact) mass is 652 g/mol. The fourth-order valence-corrected chi connectivity index (χ4v) is 6.05. The Hall–Kier alpha value is -4.63. The Labute approximate surface area is 278 Å². The van der Waals surface area contributed by atoms with Crippen molar-refractivity contribution >= 4 is 28.5 Å². The third kappa shape index (κ3) is 8.03. The number of amides is 1. The van der Waals surface area contributed by atoms with Crippen LogP contribution in [0.4, 0.5) is 0 Å². The summed E-state index contributed by atoms with van der Waals surface area (Å²) in [6, 6.07) is 26.9. The summed E-state index contributed by atoms with van der Waals surface area (Å²) in [6.45, 7) is 0.893. The van der Waals surface area contributed by atoms with E-state index in [-0.39, 0.29) is 17.9 Å². The van der Waals surface area contributed by atoms with E-state index in [0.29, 0.717) is 58.0 Å². The summed E-state index contributed by atoms with van der Waals surface area (Å²) in [7, 11) is 1.61. The number of halogens is 1. The average Bonchev–Trinajstić information content (AvgIpc) is 3.56. The van der Waals surface area contributed by atoms with Crippen LogP contribution < -0.4 is 25.5 Å². The summed E-state index contributed by atoms with van der Waals surface area (Å²) in [5, 5.41) is 18.6. The van der Waals surface area contributed by atoms with Gasteiger partial charge in [-0.05, 0) is 104 Å². The van der Waals surface area contributed by atoms with E-state index in [1.165, 1.54) is 0 Å². The summed E-state index contributed by atoms with van der Waals surface area (Å²) in [4.78, 5) is 26.6. The molecule has 4 aromatic carbocycles. The number of aryl methyl sites for hydroxylation is 1. The molecule has 1 aliphatic rings. The molecular formula is C38H37ClN2O6. The number of fused-ring (bicyclic) bond motifs is 2. The lowest BCUT2D eigenvalue weighted by atomic mass is 10.00. The van der Waals surface area contributed by atoms with Gasteiger partial charge >= 0.3 is 0 Å². The summed E-state index contributed by atoms with van der Waals surface area (Å²) < 4.78 is 17.1. The van der Waals surface area contributed by atoms with Crippen molar-refractivity contribution < 1.29 is 23.8 Å². The summed E-state index contributed by atoms with van der Waals surface area (Å²) in [5.41, 5.74) is 3.50. The first kappa shape index (κ1) is 32.3. The lowest BCUT2D eigenvalue weighted by Crippen LogP contribution is -2.49. The maximum Gasteiger partial charge on any atom is 0.251 e. The van der Waals surface area contributed by atoms with Gasteiger partial charge in [0.2, 0.25) is 0 Å². The number of benzene rings is 4. The number of carbonyl (C=O) groups is 1. The smallest absolute Gasteiger partial charge is 0.251 e. The van der Waals surface area contributed by atoms with Crippen LogP contribution in [0.2, 0.25) is 5.02 Å². The Balaban J connectivity index is 1.09. The number of hydrogen-bond acceptors (Lipinski definition) is 7. The second kappa shape index (κ2) is 14.9. The van der Waals surface area contributed by atoms with Crippen molar-refractivity contribution in [1.82, 2.24) is 10.6 Å². The van der Waals surface area contributed by atoms with E-state index in [4.69, 9.17) is 25.5 Å². The van der Waals surface area contributed by atoms with E-state index in [1.807, 2.05) is 60.7 Å². The number of rotatable bonds is 13. The molecule has 0 fully saturated rings. The van der Waals surface area contributed by atoms with Crippen LogP contribution in [0.25, 0.3) is 11.0 Å². The van der Waals surface area contributed by atoms with Gasteiger partial charge in [0.05, 0.1) is 24.6 Å². The Morgan fingerprint density at radius 3 is 2.47 bits per heavy atom. The molecule has 0 bridgehead atoms. The molecule has 0 spiro atoms.